The molecular formula is C28H28N2O3S. The number of aromatic nitrogens is 1. The summed E-state index contributed by atoms with van der Waals surface area (Å²) in [5.74, 6) is 0.549. The molecule has 34 heavy (non-hydrogen) atoms. The maximum Gasteiger partial charge on any atom is 0.312 e. The molecule has 0 saturated heterocycles. The van der Waals surface area contributed by atoms with Gasteiger partial charge in [0.2, 0.25) is 0 Å². The maximum atomic E-state index is 12.8. The number of hydrogen-bond acceptors (Lipinski definition) is 4. The van der Waals surface area contributed by atoms with Crippen molar-refractivity contribution in [2.24, 2.45) is 0 Å². The number of carbonyl (C=O) groups is 1. The van der Waals surface area contributed by atoms with Crippen molar-refractivity contribution in [3.63, 3.8) is 0 Å². The lowest BCUT2D eigenvalue weighted by atomic mass is 10.1. The van der Waals surface area contributed by atoms with Gasteiger partial charge in [0.1, 0.15) is 5.75 Å². The van der Waals surface area contributed by atoms with Crippen LogP contribution in [0.1, 0.15) is 34.3 Å². The molecule has 0 radical (unpaired) electrons. The Morgan fingerprint density at radius 1 is 1.00 bits per heavy atom. The average Bonchev–Trinajstić information content (AvgIpc) is 3.25. The third-order valence-electron chi connectivity index (χ3n) is 5.77. The molecule has 0 saturated carbocycles. The van der Waals surface area contributed by atoms with E-state index in [4.69, 9.17) is 4.74 Å². The number of aryl methyl sites for hydroxylation is 2. The highest BCUT2D eigenvalue weighted by atomic mass is 32.1. The number of benzene rings is 3. The van der Waals surface area contributed by atoms with Crippen molar-refractivity contribution in [2.75, 3.05) is 13.7 Å². The Bertz CT molecular complexity index is 1320. The number of thiazole rings is 1. The van der Waals surface area contributed by atoms with E-state index in [2.05, 4.69) is 17.4 Å². The van der Waals surface area contributed by atoms with Gasteiger partial charge in [-0.1, -0.05) is 65.9 Å². The number of rotatable bonds is 9. The lowest BCUT2D eigenvalue weighted by Crippen LogP contribution is -2.24. The second kappa shape index (κ2) is 11.0. The van der Waals surface area contributed by atoms with E-state index in [0.29, 0.717) is 23.5 Å². The smallest absolute Gasteiger partial charge is 0.312 e. The molecule has 174 valence electrons. The van der Waals surface area contributed by atoms with Gasteiger partial charge in [0.25, 0.3) is 5.91 Å². The Morgan fingerprint density at radius 2 is 1.79 bits per heavy atom. The van der Waals surface area contributed by atoms with Crippen molar-refractivity contribution in [2.45, 2.75) is 26.2 Å². The summed E-state index contributed by atoms with van der Waals surface area (Å²) in [4.78, 5) is 25.4. The number of hydrogen-bond donors (Lipinski definition) is 1. The van der Waals surface area contributed by atoms with Gasteiger partial charge in [-0.25, -0.2) is 0 Å². The summed E-state index contributed by atoms with van der Waals surface area (Å²) in [6, 6.07) is 23.5. The van der Waals surface area contributed by atoms with Crippen LogP contribution < -0.4 is 14.9 Å². The van der Waals surface area contributed by atoms with Crippen LogP contribution in [0.2, 0.25) is 0 Å². The number of carbonyl (C=O) groups excluding carboxylic acids is 1. The number of nitrogens with one attached hydrogen (secondary N) is 1. The van der Waals surface area contributed by atoms with Crippen LogP contribution in [-0.2, 0) is 6.42 Å². The number of amides is 1. The van der Waals surface area contributed by atoms with E-state index in [1.807, 2.05) is 66.9 Å². The van der Waals surface area contributed by atoms with Crippen LogP contribution in [0.5, 0.6) is 5.75 Å². The number of methoxy groups -OCH3 is 1. The number of nitrogens with zero attached hydrogens (tertiary/aromatic N) is 1. The van der Waals surface area contributed by atoms with Crippen molar-refractivity contribution in [3.8, 4) is 22.7 Å². The maximum absolute atomic E-state index is 12.8. The molecule has 0 aliphatic heterocycles. The van der Waals surface area contributed by atoms with Crippen LogP contribution in [0.15, 0.2) is 83.0 Å². The normalized spacial score (nSPS) is 10.8. The Hall–Kier alpha value is -3.64. The predicted octanol–water partition coefficient (Wildman–Crippen LogP) is 5.64. The van der Waals surface area contributed by atoms with Gasteiger partial charge in [0, 0.05) is 23.1 Å². The first-order valence-electron chi connectivity index (χ1n) is 11.4. The van der Waals surface area contributed by atoms with Gasteiger partial charge in [0.15, 0.2) is 0 Å². The average molecular weight is 473 g/mol. The summed E-state index contributed by atoms with van der Waals surface area (Å²) in [6.45, 7) is 2.57. The number of unbranched alkanes of at least 4 members (excludes halogenated alkanes) is 1. The van der Waals surface area contributed by atoms with Gasteiger partial charge in [-0.05, 0) is 55.5 Å². The van der Waals surface area contributed by atoms with Crippen LogP contribution in [0.3, 0.4) is 0 Å². The molecule has 0 atom stereocenters. The highest BCUT2D eigenvalue weighted by Crippen LogP contribution is 2.31. The van der Waals surface area contributed by atoms with Crippen molar-refractivity contribution in [1.29, 1.82) is 0 Å². The van der Waals surface area contributed by atoms with E-state index in [1.165, 1.54) is 5.56 Å². The van der Waals surface area contributed by atoms with Crippen molar-refractivity contribution < 1.29 is 9.53 Å². The molecule has 1 N–H and O–H groups in total. The molecule has 5 nitrogen and oxygen atoms in total. The molecule has 3 aromatic carbocycles. The summed E-state index contributed by atoms with van der Waals surface area (Å²) in [5.41, 5.74) is 5.06. The zero-order valence-corrected chi connectivity index (χ0v) is 20.2. The first-order chi connectivity index (χ1) is 16.6. The minimum Gasteiger partial charge on any atom is -0.494 e. The van der Waals surface area contributed by atoms with Gasteiger partial charge in [-0.2, -0.15) is 0 Å². The summed E-state index contributed by atoms with van der Waals surface area (Å²) < 4.78 is 7.23. The van der Waals surface area contributed by atoms with Crippen LogP contribution in [-0.4, -0.2) is 24.1 Å². The fourth-order valence-corrected chi connectivity index (χ4v) is 4.79. The molecule has 0 fully saturated rings. The molecule has 1 amide bonds. The third kappa shape index (κ3) is 5.29. The van der Waals surface area contributed by atoms with Crippen molar-refractivity contribution >= 4 is 17.2 Å². The van der Waals surface area contributed by atoms with Crippen LogP contribution in [0, 0.1) is 6.92 Å². The zero-order valence-electron chi connectivity index (χ0n) is 19.4. The van der Waals surface area contributed by atoms with Gasteiger partial charge in [0.05, 0.1) is 18.5 Å². The lowest BCUT2D eigenvalue weighted by Gasteiger charge is -2.14. The van der Waals surface area contributed by atoms with Crippen molar-refractivity contribution in [1.82, 2.24) is 9.88 Å². The van der Waals surface area contributed by atoms with Crippen LogP contribution in [0.25, 0.3) is 16.9 Å². The summed E-state index contributed by atoms with van der Waals surface area (Å²) in [5, 5.41) is 4.84. The van der Waals surface area contributed by atoms with Gasteiger partial charge >= 0.3 is 4.87 Å². The Kier molecular flexibility index (Phi) is 7.60. The van der Waals surface area contributed by atoms with E-state index in [1.54, 1.807) is 17.7 Å². The standard InChI is InChI=1S/C28H28N2O3S/c1-20-10-8-16-24(26(20)33-2)30-25(19-34-28(30)32)22-14-9-15-23(18-22)27(31)29-17-7-6-13-21-11-4-3-5-12-21/h3-5,8-12,14-16,18-19H,6-7,13,17H2,1-2H3,(H,29,31). The molecule has 1 heterocycles. The first kappa shape index (κ1) is 23.5. The highest BCUT2D eigenvalue weighted by Gasteiger charge is 2.17. The zero-order chi connectivity index (χ0) is 23.9. The first-order valence-corrected chi connectivity index (χ1v) is 12.2. The Labute approximate surface area is 203 Å². The molecule has 0 bridgehead atoms. The SMILES string of the molecule is COc1c(C)cccc1-n1c(-c2cccc(C(=O)NCCCCc3ccccc3)c2)csc1=O. The molecular weight excluding hydrogens is 444 g/mol. The fourth-order valence-electron chi connectivity index (χ4n) is 4.04. The summed E-state index contributed by atoms with van der Waals surface area (Å²) in [7, 11) is 1.60. The molecule has 6 heteroatoms. The van der Waals surface area contributed by atoms with Crippen LogP contribution >= 0.6 is 11.3 Å². The highest BCUT2D eigenvalue weighted by molar-refractivity contribution is 7.07. The van der Waals surface area contributed by atoms with E-state index in [9.17, 15) is 9.59 Å². The monoisotopic (exact) mass is 472 g/mol. The van der Waals surface area contributed by atoms with E-state index < -0.39 is 0 Å². The largest absolute Gasteiger partial charge is 0.494 e. The second-order valence-electron chi connectivity index (χ2n) is 8.13. The molecule has 0 spiro atoms. The molecule has 0 aliphatic carbocycles. The summed E-state index contributed by atoms with van der Waals surface area (Å²) in [6.07, 6.45) is 2.94. The topological polar surface area (TPSA) is 60.3 Å². The molecule has 1 aromatic heterocycles. The summed E-state index contributed by atoms with van der Waals surface area (Å²) >= 11 is 1.13. The lowest BCUT2D eigenvalue weighted by molar-refractivity contribution is 0.0953. The third-order valence-corrected chi connectivity index (χ3v) is 6.50. The number of ether oxygens (including phenoxy) is 1. The second-order valence-corrected chi connectivity index (χ2v) is 8.95. The molecule has 4 aromatic rings. The minimum atomic E-state index is -0.112. The molecule has 0 aliphatic rings. The quantitative estimate of drug-likeness (QED) is 0.321. The predicted molar refractivity (Wildman–Crippen MR) is 138 cm³/mol. The van der Waals surface area contributed by atoms with E-state index in [-0.39, 0.29) is 10.8 Å². The fraction of sp³-hybridized carbons (Fsp3) is 0.214. The van der Waals surface area contributed by atoms with Gasteiger partial charge in [-0.3, -0.25) is 14.2 Å². The van der Waals surface area contributed by atoms with Crippen LogP contribution in [0.4, 0.5) is 0 Å². The van der Waals surface area contributed by atoms with Crippen molar-refractivity contribution in [3.05, 3.63) is 105 Å². The van der Waals surface area contributed by atoms with Gasteiger partial charge in [-0.15, -0.1) is 0 Å². The van der Waals surface area contributed by atoms with Gasteiger partial charge < -0.3 is 10.1 Å². The Morgan fingerprint density at radius 3 is 2.59 bits per heavy atom. The molecule has 0 unspecified atom stereocenters. The number of para-hydroxylation sites is 1. The minimum absolute atomic E-state index is 0.104. The molecule has 4 rings (SSSR count). The van der Waals surface area contributed by atoms with E-state index >= 15 is 0 Å². The van der Waals surface area contributed by atoms with E-state index in [0.717, 1.165) is 47.4 Å². The Balaban J connectivity index is 1.48.